The Kier molecular flexibility index (Phi) is 4.85. The first-order valence-corrected chi connectivity index (χ1v) is 3.05. The Morgan fingerprint density at radius 3 is 2.78 bits per heavy atom. The maximum absolute atomic E-state index is 8.46. The van der Waals surface area contributed by atoms with Gasteiger partial charge in [-0.15, -0.1) is 0 Å². The van der Waals surface area contributed by atoms with Gasteiger partial charge in [-0.2, -0.15) is 5.26 Å². The van der Waals surface area contributed by atoms with Crippen LogP contribution in [0.1, 0.15) is 19.8 Å². The first-order valence-electron chi connectivity index (χ1n) is 3.05. The van der Waals surface area contributed by atoms with Crippen LogP contribution >= 0.6 is 0 Å². The fourth-order valence-electron chi connectivity index (χ4n) is 0.464. The standard InChI is InChI=1S/C7H11NO/c1-2-3-4-7(5-8)6-9/h4,9H,2-3,6H2,1H3/b7-4-. The van der Waals surface area contributed by atoms with E-state index in [-0.39, 0.29) is 6.61 Å². The van der Waals surface area contributed by atoms with Crippen molar-refractivity contribution in [3.05, 3.63) is 11.6 Å². The van der Waals surface area contributed by atoms with Gasteiger partial charge in [0, 0.05) is 0 Å². The average molecular weight is 125 g/mol. The molecule has 0 heterocycles. The Labute approximate surface area is 55.4 Å². The van der Waals surface area contributed by atoms with Gasteiger partial charge in [0.15, 0.2) is 0 Å². The molecular formula is C7H11NO. The van der Waals surface area contributed by atoms with Gasteiger partial charge in [0.05, 0.1) is 18.2 Å². The van der Waals surface area contributed by atoms with Crippen LogP contribution in [0.5, 0.6) is 0 Å². The minimum absolute atomic E-state index is 0.128. The third-order valence-corrected chi connectivity index (χ3v) is 0.993. The lowest BCUT2D eigenvalue weighted by atomic mass is 10.2. The van der Waals surface area contributed by atoms with Crippen molar-refractivity contribution in [2.45, 2.75) is 19.8 Å². The van der Waals surface area contributed by atoms with Crippen molar-refractivity contribution in [3.63, 3.8) is 0 Å². The number of hydrogen-bond acceptors (Lipinski definition) is 2. The summed E-state index contributed by atoms with van der Waals surface area (Å²) in [7, 11) is 0. The molecule has 1 N–H and O–H groups in total. The molecule has 2 nitrogen and oxygen atoms in total. The highest BCUT2D eigenvalue weighted by Crippen LogP contribution is 1.95. The van der Waals surface area contributed by atoms with Crippen molar-refractivity contribution >= 4 is 0 Å². The number of rotatable bonds is 3. The van der Waals surface area contributed by atoms with Gasteiger partial charge in [-0.05, 0) is 6.42 Å². The molecule has 0 atom stereocenters. The first kappa shape index (κ1) is 8.19. The van der Waals surface area contributed by atoms with Crippen molar-refractivity contribution in [1.82, 2.24) is 0 Å². The van der Waals surface area contributed by atoms with Crippen LogP contribution in [0.2, 0.25) is 0 Å². The lowest BCUT2D eigenvalue weighted by molar-refractivity contribution is 0.335. The number of aliphatic hydroxyl groups excluding tert-OH is 1. The summed E-state index contributed by atoms with van der Waals surface area (Å²) in [5.41, 5.74) is 0.469. The van der Waals surface area contributed by atoms with Crippen molar-refractivity contribution < 1.29 is 5.11 Å². The molecule has 0 aliphatic carbocycles. The van der Waals surface area contributed by atoms with Crippen LogP contribution in [0.3, 0.4) is 0 Å². The van der Waals surface area contributed by atoms with Gasteiger partial charge in [-0.1, -0.05) is 19.4 Å². The Morgan fingerprint density at radius 1 is 1.78 bits per heavy atom. The highest BCUT2D eigenvalue weighted by molar-refractivity contribution is 5.20. The predicted octanol–water partition coefficient (Wildman–Crippen LogP) is 1.23. The van der Waals surface area contributed by atoms with Crippen LogP contribution in [-0.2, 0) is 0 Å². The van der Waals surface area contributed by atoms with E-state index in [2.05, 4.69) is 0 Å². The summed E-state index contributed by atoms with van der Waals surface area (Å²) in [5, 5.41) is 16.7. The second-order valence-corrected chi connectivity index (χ2v) is 1.79. The largest absolute Gasteiger partial charge is 0.391 e. The lowest BCUT2D eigenvalue weighted by Gasteiger charge is -1.87. The van der Waals surface area contributed by atoms with Gasteiger partial charge in [0.25, 0.3) is 0 Å². The van der Waals surface area contributed by atoms with Gasteiger partial charge < -0.3 is 5.11 Å². The Balaban J connectivity index is 3.66. The highest BCUT2D eigenvalue weighted by atomic mass is 16.3. The Bertz CT molecular complexity index is 132. The number of nitriles is 1. The molecular weight excluding hydrogens is 114 g/mol. The van der Waals surface area contributed by atoms with Crippen LogP contribution in [-0.4, -0.2) is 11.7 Å². The monoisotopic (exact) mass is 125 g/mol. The molecule has 0 rings (SSSR count). The maximum atomic E-state index is 8.46. The van der Waals surface area contributed by atoms with Crippen molar-refractivity contribution in [1.29, 1.82) is 5.26 Å². The zero-order valence-electron chi connectivity index (χ0n) is 5.59. The van der Waals surface area contributed by atoms with E-state index >= 15 is 0 Å². The molecule has 0 saturated carbocycles. The predicted molar refractivity (Wildman–Crippen MR) is 35.7 cm³/mol. The molecule has 0 unspecified atom stereocenters. The zero-order valence-corrected chi connectivity index (χ0v) is 5.59. The number of aliphatic hydroxyl groups is 1. The Morgan fingerprint density at radius 2 is 2.44 bits per heavy atom. The minimum atomic E-state index is -0.128. The second kappa shape index (κ2) is 5.33. The SMILES string of the molecule is CCC/C=C(/C#N)CO. The molecule has 0 aromatic carbocycles. The zero-order chi connectivity index (χ0) is 7.11. The van der Waals surface area contributed by atoms with E-state index in [0.29, 0.717) is 5.57 Å². The molecule has 0 radical (unpaired) electrons. The normalized spacial score (nSPS) is 11.0. The molecule has 0 fully saturated rings. The molecule has 0 amide bonds. The molecule has 9 heavy (non-hydrogen) atoms. The van der Waals surface area contributed by atoms with E-state index in [1.54, 1.807) is 6.08 Å². The summed E-state index contributed by atoms with van der Waals surface area (Å²) in [6, 6.07) is 1.90. The molecule has 0 aromatic rings. The summed E-state index contributed by atoms with van der Waals surface area (Å²) in [5.74, 6) is 0. The van der Waals surface area contributed by atoms with E-state index < -0.39 is 0 Å². The summed E-state index contributed by atoms with van der Waals surface area (Å²) < 4.78 is 0. The highest BCUT2D eigenvalue weighted by Gasteiger charge is 1.87. The quantitative estimate of drug-likeness (QED) is 0.576. The fourth-order valence-corrected chi connectivity index (χ4v) is 0.464. The van der Waals surface area contributed by atoms with E-state index in [4.69, 9.17) is 10.4 Å². The van der Waals surface area contributed by atoms with E-state index in [1.807, 2.05) is 13.0 Å². The molecule has 0 spiro atoms. The van der Waals surface area contributed by atoms with E-state index in [0.717, 1.165) is 12.8 Å². The van der Waals surface area contributed by atoms with Crippen molar-refractivity contribution in [2.24, 2.45) is 0 Å². The number of hydrogen-bond donors (Lipinski definition) is 1. The fraction of sp³-hybridized carbons (Fsp3) is 0.571. The van der Waals surface area contributed by atoms with Gasteiger partial charge in [-0.25, -0.2) is 0 Å². The van der Waals surface area contributed by atoms with Gasteiger partial charge in [-0.3, -0.25) is 0 Å². The summed E-state index contributed by atoms with van der Waals surface area (Å²) in [6.45, 7) is 1.90. The van der Waals surface area contributed by atoms with Crippen LogP contribution in [0.25, 0.3) is 0 Å². The number of nitrogens with zero attached hydrogens (tertiary/aromatic N) is 1. The van der Waals surface area contributed by atoms with Crippen LogP contribution < -0.4 is 0 Å². The van der Waals surface area contributed by atoms with Crippen LogP contribution in [0, 0.1) is 11.3 Å². The number of allylic oxidation sites excluding steroid dienone is 1. The van der Waals surface area contributed by atoms with Gasteiger partial charge >= 0.3 is 0 Å². The third kappa shape index (κ3) is 3.75. The van der Waals surface area contributed by atoms with Crippen molar-refractivity contribution in [2.75, 3.05) is 6.61 Å². The summed E-state index contributed by atoms with van der Waals surface area (Å²) in [6.07, 6.45) is 3.66. The molecule has 0 bridgehead atoms. The molecule has 0 saturated heterocycles. The Hall–Kier alpha value is -0.810. The van der Waals surface area contributed by atoms with Gasteiger partial charge in [0.2, 0.25) is 0 Å². The molecule has 0 aliphatic rings. The summed E-state index contributed by atoms with van der Waals surface area (Å²) in [4.78, 5) is 0. The lowest BCUT2D eigenvalue weighted by Crippen LogP contribution is -1.85. The first-order chi connectivity index (χ1) is 4.35. The van der Waals surface area contributed by atoms with E-state index in [9.17, 15) is 0 Å². The maximum Gasteiger partial charge on any atom is 0.0968 e. The van der Waals surface area contributed by atoms with Crippen molar-refractivity contribution in [3.8, 4) is 6.07 Å². The molecule has 2 heteroatoms. The second-order valence-electron chi connectivity index (χ2n) is 1.79. The van der Waals surface area contributed by atoms with Crippen LogP contribution in [0.4, 0.5) is 0 Å². The number of unbranched alkanes of at least 4 members (excludes halogenated alkanes) is 1. The molecule has 50 valence electrons. The van der Waals surface area contributed by atoms with E-state index in [1.165, 1.54) is 0 Å². The summed E-state index contributed by atoms with van der Waals surface area (Å²) >= 11 is 0. The molecule has 0 aromatic heterocycles. The van der Waals surface area contributed by atoms with Gasteiger partial charge in [0.1, 0.15) is 0 Å². The smallest absolute Gasteiger partial charge is 0.0968 e. The topological polar surface area (TPSA) is 44.0 Å². The third-order valence-electron chi connectivity index (χ3n) is 0.993. The minimum Gasteiger partial charge on any atom is -0.391 e. The molecule has 0 aliphatic heterocycles. The average Bonchev–Trinajstić information content (AvgIpc) is 1.91. The van der Waals surface area contributed by atoms with Crippen LogP contribution in [0.15, 0.2) is 11.6 Å².